The van der Waals surface area contributed by atoms with Crippen molar-refractivity contribution in [3.05, 3.63) is 58.6 Å². The lowest BCUT2D eigenvalue weighted by Crippen LogP contribution is -2.12. The number of halogens is 1. The fraction of sp³-hybridized carbons (Fsp3) is 0.188. The van der Waals surface area contributed by atoms with Crippen molar-refractivity contribution >= 4 is 17.3 Å². The van der Waals surface area contributed by atoms with Crippen LogP contribution < -0.4 is 10.1 Å². The summed E-state index contributed by atoms with van der Waals surface area (Å²) in [5.74, 6) is 0.846. The molecule has 0 atom stereocenters. The maximum atomic E-state index is 9.06. The van der Waals surface area contributed by atoms with Gasteiger partial charge in [-0.15, -0.1) is 0 Å². The van der Waals surface area contributed by atoms with Crippen LogP contribution in [0.2, 0.25) is 5.02 Å². The molecule has 0 unspecified atom stereocenters. The number of rotatable bonds is 5. The minimum Gasteiger partial charge on any atom is -0.492 e. The van der Waals surface area contributed by atoms with Gasteiger partial charge in [-0.3, -0.25) is 0 Å². The van der Waals surface area contributed by atoms with E-state index in [1.54, 1.807) is 6.07 Å². The first-order chi connectivity index (χ1) is 9.70. The van der Waals surface area contributed by atoms with Gasteiger partial charge in [0.15, 0.2) is 0 Å². The highest BCUT2D eigenvalue weighted by atomic mass is 35.5. The number of nitriles is 1. The smallest absolute Gasteiger partial charge is 0.119 e. The summed E-state index contributed by atoms with van der Waals surface area (Å²) in [7, 11) is 0. The Morgan fingerprint density at radius 1 is 1.25 bits per heavy atom. The third-order valence-corrected chi connectivity index (χ3v) is 3.12. The van der Waals surface area contributed by atoms with Crippen LogP contribution in [0.1, 0.15) is 11.1 Å². The number of benzene rings is 2. The molecule has 0 aliphatic rings. The summed E-state index contributed by atoms with van der Waals surface area (Å²) in [6.45, 7) is 3.14. The molecule has 20 heavy (non-hydrogen) atoms. The van der Waals surface area contributed by atoms with Gasteiger partial charge in [0.2, 0.25) is 0 Å². The van der Waals surface area contributed by atoms with Crippen LogP contribution in [-0.2, 0) is 0 Å². The van der Waals surface area contributed by atoms with Gasteiger partial charge in [-0.05, 0) is 36.8 Å². The van der Waals surface area contributed by atoms with Crippen molar-refractivity contribution in [1.29, 1.82) is 5.26 Å². The molecule has 0 aliphatic heterocycles. The van der Waals surface area contributed by atoms with Crippen molar-refractivity contribution in [3.8, 4) is 11.8 Å². The summed E-state index contributed by atoms with van der Waals surface area (Å²) in [5, 5.41) is 12.7. The van der Waals surface area contributed by atoms with Crippen LogP contribution in [0, 0.1) is 18.3 Å². The van der Waals surface area contributed by atoms with Gasteiger partial charge < -0.3 is 10.1 Å². The van der Waals surface area contributed by atoms with Crippen molar-refractivity contribution < 1.29 is 4.74 Å². The number of ether oxygens (including phenoxy) is 1. The standard InChI is InChI=1S/C16H15ClN2O/c1-12-4-2-5-13(10-12)20-9-8-19-16-7-3-6-15(17)14(16)11-18/h2-7,10,19H,8-9H2,1H3. The van der Waals surface area contributed by atoms with E-state index in [1.165, 1.54) is 0 Å². The van der Waals surface area contributed by atoms with E-state index in [9.17, 15) is 0 Å². The number of nitrogens with one attached hydrogen (secondary N) is 1. The molecule has 2 aromatic rings. The van der Waals surface area contributed by atoms with Gasteiger partial charge in [0.1, 0.15) is 18.4 Å². The molecule has 2 aromatic carbocycles. The van der Waals surface area contributed by atoms with Gasteiger partial charge in [-0.2, -0.15) is 5.26 Å². The fourth-order valence-corrected chi connectivity index (χ4v) is 2.06. The zero-order chi connectivity index (χ0) is 14.4. The van der Waals surface area contributed by atoms with E-state index in [0.29, 0.717) is 23.7 Å². The molecule has 0 fully saturated rings. The van der Waals surface area contributed by atoms with Crippen molar-refractivity contribution in [2.75, 3.05) is 18.5 Å². The largest absolute Gasteiger partial charge is 0.492 e. The Labute approximate surface area is 123 Å². The Morgan fingerprint density at radius 2 is 2.05 bits per heavy atom. The van der Waals surface area contributed by atoms with Crippen molar-refractivity contribution in [1.82, 2.24) is 0 Å². The minimum absolute atomic E-state index is 0.456. The Bertz CT molecular complexity index is 635. The van der Waals surface area contributed by atoms with Crippen LogP contribution in [0.5, 0.6) is 5.75 Å². The SMILES string of the molecule is Cc1cccc(OCCNc2cccc(Cl)c2C#N)c1. The third kappa shape index (κ3) is 3.66. The predicted octanol–water partition coefficient (Wildman–Crippen LogP) is 4.01. The lowest BCUT2D eigenvalue weighted by Gasteiger charge is -2.10. The molecule has 0 spiro atoms. The molecule has 0 radical (unpaired) electrons. The Balaban J connectivity index is 1.88. The molecule has 102 valence electrons. The highest BCUT2D eigenvalue weighted by molar-refractivity contribution is 6.32. The summed E-state index contributed by atoms with van der Waals surface area (Å²) in [6, 6.07) is 15.3. The second-order valence-electron chi connectivity index (χ2n) is 4.37. The maximum Gasteiger partial charge on any atom is 0.119 e. The first kappa shape index (κ1) is 14.2. The molecule has 0 saturated carbocycles. The van der Waals surface area contributed by atoms with Crippen molar-refractivity contribution in [2.24, 2.45) is 0 Å². The average Bonchev–Trinajstić information content (AvgIpc) is 2.44. The molecular weight excluding hydrogens is 272 g/mol. The van der Waals surface area contributed by atoms with Crippen molar-refractivity contribution in [2.45, 2.75) is 6.92 Å². The van der Waals surface area contributed by atoms with Crippen LogP contribution in [0.25, 0.3) is 0 Å². The van der Waals surface area contributed by atoms with E-state index < -0.39 is 0 Å². The lowest BCUT2D eigenvalue weighted by atomic mass is 10.2. The summed E-state index contributed by atoms with van der Waals surface area (Å²) >= 11 is 5.96. The summed E-state index contributed by atoms with van der Waals surface area (Å²) < 4.78 is 5.63. The fourth-order valence-electron chi connectivity index (χ4n) is 1.84. The number of hydrogen-bond acceptors (Lipinski definition) is 3. The summed E-state index contributed by atoms with van der Waals surface area (Å²) in [5.41, 5.74) is 2.36. The second-order valence-corrected chi connectivity index (χ2v) is 4.77. The molecule has 1 N–H and O–H groups in total. The quantitative estimate of drug-likeness (QED) is 0.845. The van der Waals surface area contributed by atoms with Crippen LogP contribution in [0.15, 0.2) is 42.5 Å². The molecule has 0 bridgehead atoms. The normalized spacial score (nSPS) is 9.85. The summed E-state index contributed by atoms with van der Waals surface area (Å²) in [6.07, 6.45) is 0. The first-order valence-corrected chi connectivity index (χ1v) is 6.70. The molecular formula is C16H15ClN2O. The van der Waals surface area contributed by atoms with Crippen LogP contribution >= 0.6 is 11.6 Å². The van der Waals surface area contributed by atoms with E-state index in [1.807, 2.05) is 43.3 Å². The monoisotopic (exact) mass is 286 g/mol. The predicted molar refractivity (Wildman–Crippen MR) is 81.3 cm³/mol. The van der Waals surface area contributed by atoms with Crippen LogP contribution in [-0.4, -0.2) is 13.2 Å². The highest BCUT2D eigenvalue weighted by Gasteiger charge is 2.05. The van der Waals surface area contributed by atoms with E-state index in [-0.39, 0.29) is 0 Å². The maximum absolute atomic E-state index is 9.06. The molecule has 0 heterocycles. The minimum atomic E-state index is 0.456. The van der Waals surface area contributed by atoms with Gasteiger partial charge in [-0.1, -0.05) is 29.8 Å². The van der Waals surface area contributed by atoms with E-state index >= 15 is 0 Å². The van der Waals surface area contributed by atoms with Gasteiger partial charge in [0.05, 0.1) is 16.3 Å². The molecule has 0 amide bonds. The zero-order valence-corrected chi connectivity index (χ0v) is 11.9. The Hall–Kier alpha value is -2.18. The number of anilines is 1. The zero-order valence-electron chi connectivity index (χ0n) is 11.2. The second kappa shape index (κ2) is 6.83. The van der Waals surface area contributed by atoms with Gasteiger partial charge >= 0.3 is 0 Å². The van der Waals surface area contributed by atoms with E-state index in [4.69, 9.17) is 21.6 Å². The number of aryl methyl sites for hydroxylation is 1. The van der Waals surface area contributed by atoms with Gasteiger partial charge in [0, 0.05) is 6.54 Å². The van der Waals surface area contributed by atoms with Gasteiger partial charge in [-0.25, -0.2) is 0 Å². The van der Waals surface area contributed by atoms with Crippen LogP contribution in [0.3, 0.4) is 0 Å². The third-order valence-electron chi connectivity index (χ3n) is 2.80. The molecule has 0 saturated heterocycles. The first-order valence-electron chi connectivity index (χ1n) is 6.32. The van der Waals surface area contributed by atoms with E-state index in [2.05, 4.69) is 11.4 Å². The molecule has 3 nitrogen and oxygen atoms in total. The van der Waals surface area contributed by atoms with Crippen molar-refractivity contribution in [3.63, 3.8) is 0 Å². The lowest BCUT2D eigenvalue weighted by molar-refractivity contribution is 0.332. The molecule has 2 rings (SSSR count). The molecule has 4 heteroatoms. The Morgan fingerprint density at radius 3 is 2.80 bits per heavy atom. The Kier molecular flexibility index (Phi) is 4.86. The van der Waals surface area contributed by atoms with Gasteiger partial charge in [0.25, 0.3) is 0 Å². The molecule has 0 aromatic heterocycles. The summed E-state index contributed by atoms with van der Waals surface area (Å²) in [4.78, 5) is 0. The average molecular weight is 287 g/mol. The highest BCUT2D eigenvalue weighted by Crippen LogP contribution is 2.23. The molecule has 0 aliphatic carbocycles. The van der Waals surface area contributed by atoms with Crippen LogP contribution in [0.4, 0.5) is 5.69 Å². The van der Waals surface area contributed by atoms with E-state index in [0.717, 1.165) is 17.0 Å². The number of nitrogens with zero attached hydrogens (tertiary/aromatic N) is 1. The topological polar surface area (TPSA) is 45.0 Å². The number of hydrogen-bond donors (Lipinski definition) is 1.